The molecule has 0 bridgehead atoms. The Morgan fingerprint density at radius 1 is 1.00 bits per heavy atom. The van der Waals surface area contributed by atoms with Crippen LogP contribution in [0.1, 0.15) is 49.7 Å². The molecule has 1 aromatic heterocycles. The summed E-state index contributed by atoms with van der Waals surface area (Å²) in [6, 6.07) is 9.23. The van der Waals surface area contributed by atoms with Crippen LogP contribution in [0.15, 0.2) is 30.3 Å². The first-order valence-corrected chi connectivity index (χ1v) is 9.34. The molecule has 124 valence electrons. The van der Waals surface area contributed by atoms with Crippen LogP contribution in [0, 0.1) is 0 Å². The van der Waals surface area contributed by atoms with Gasteiger partial charge in [-0.1, -0.05) is 0 Å². The molecule has 1 aliphatic carbocycles. The standard InChI is InChI=1S/C19H20N2O2S/c22-18(17-12-14-4-3-5-16(14)24-17)20-15-8-6-13(7-9-15)19(23)21-10-1-2-11-21/h6-9,12H,1-5,10-11H2,(H,20,22). The first-order chi connectivity index (χ1) is 11.7. The van der Waals surface area contributed by atoms with Crippen molar-refractivity contribution < 1.29 is 9.59 Å². The number of amides is 2. The Kier molecular flexibility index (Phi) is 4.10. The first-order valence-electron chi connectivity index (χ1n) is 8.53. The molecule has 5 heteroatoms. The van der Waals surface area contributed by atoms with Gasteiger partial charge in [0.1, 0.15) is 0 Å². The van der Waals surface area contributed by atoms with Crippen molar-refractivity contribution in [1.82, 2.24) is 4.90 Å². The molecule has 2 aliphatic rings. The number of thiophene rings is 1. The highest BCUT2D eigenvalue weighted by molar-refractivity contribution is 7.14. The lowest BCUT2D eigenvalue weighted by molar-refractivity contribution is 0.0792. The second-order valence-electron chi connectivity index (χ2n) is 6.44. The zero-order valence-electron chi connectivity index (χ0n) is 13.5. The van der Waals surface area contributed by atoms with Crippen LogP contribution in [0.25, 0.3) is 0 Å². The minimum absolute atomic E-state index is 0.0620. The van der Waals surface area contributed by atoms with Crippen molar-refractivity contribution in [1.29, 1.82) is 0 Å². The predicted molar refractivity (Wildman–Crippen MR) is 95.9 cm³/mol. The number of likely N-dealkylation sites (tertiary alicyclic amines) is 1. The van der Waals surface area contributed by atoms with Crippen LogP contribution in [0.2, 0.25) is 0 Å². The van der Waals surface area contributed by atoms with E-state index in [1.807, 2.05) is 23.1 Å². The molecule has 0 atom stereocenters. The van der Waals surface area contributed by atoms with E-state index < -0.39 is 0 Å². The zero-order chi connectivity index (χ0) is 16.5. The van der Waals surface area contributed by atoms with Gasteiger partial charge in [0.2, 0.25) is 0 Å². The zero-order valence-corrected chi connectivity index (χ0v) is 14.3. The number of anilines is 1. The van der Waals surface area contributed by atoms with Crippen molar-refractivity contribution in [2.45, 2.75) is 32.1 Å². The fourth-order valence-corrected chi connectivity index (χ4v) is 4.58. The van der Waals surface area contributed by atoms with E-state index in [9.17, 15) is 9.59 Å². The molecule has 1 N–H and O–H groups in total. The summed E-state index contributed by atoms with van der Waals surface area (Å²) in [6.07, 6.45) is 5.57. The van der Waals surface area contributed by atoms with Crippen molar-refractivity contribution in [3.05, 3.63) is 51.2 Å². The number of benzene rings is 1. The summed E-state index contributed by atoms with van der Waals surface area (Å²) < 4.78 is 0. The average Bonchev–Trinajstić information content (AvgIpc) is 3.31. The third-order valence-corrected chi connectivity index (χ3v) is 5.99. The van der Waals surface area contributed by atoms with E-state index in [-0.39, 0.29) is 11.8 Å². The number of hydrogen-bond acceptors (Lipinski definition) is 3. The van der Waals surface area contributed by atoms with Crippen molar-refractivity contribution in [2.75, 3.05) is 18.4 Å². The summed E-state index contributed by atoms with van der Waals surface area (Å²) in [5.41, 5.74) is 2.74. The molecule has 1 fully saturated rings. The molecule has 2 heterocycles. The van der Waals surface area contributed by atoms with Crippen LogP contribution in [-0.4, -0.2) is 29.8 Å². The number of nitrogens with one attached hydrogen (secondary N) is 1. The van der Waals surface area contributed by atoms with Crippen LogP contribution in [0.4, 0.5) is 5.69 Å². The fraction of sp³-hybridized carbons (Fsp3) is 0.368. The van der Waals surface area contributed by atoms with Gasteiger partial charge in [-0.25, -0.2) is 0 Å². The van der Waals surface area contributed by atoms with Gasteiger partial charge >= 0.3 is 0 Å². The lowest BCUT2D eigenvalue weighted by Gasteiger charge is -2.15. The molecule has 4 nitrogen and oxygen atoms in total. The van der Waals surface area contributed by atoms with Crippen molar-refractivity contribution >= 4 is 28.8 Å². The minimum atomic E-state index is -0.0620. The molecular weight excluding hydrogens is 320 g/mol. The largest absolute Gasteiger partial charge is 0.339 e. The van der Waals surface area contributed by atoms with E-state index in [0.29, 0.717) is 5.56 Å². The van der Waals surface area contributed by atoms with Gasteiger partial charge in [0.25, 0.3) is 11.8 Å². The van der Waals surface area contributed by atoms with Gasteiger partial charge in [0.15, 0.2) is 0 Å². The maximum Gasteiger partial charge on any atom is 0.265 e. The van der Waals surface area contributed by atoms with E-state index in [4.69, 9.17) is 0 Å². The molecule has 24 heavy (non-hydrogen) atoms. The van der Waals surface area contributed by atoms with Gasteiger partial charge in [-0.2, -0.15) is 0 Å². The predicted octanol–water partition coefficient (Wildman–Crippen LogP) is 3.73. The quantitative estimate of drug-likeness (QED) is 0.926. The number of fused-ring (bicyclic) bond motifs is 1. The van der Waals surface area contributed by atoms with Crippen molar-refractivity contribution in [3.63, 3.8) is 0 Å². The van der Waals surface area contributed by atoms with Crippen molar-refractivity contribution in [3.8, 4) is 0 Å². The molecule has 0 spiro atoms. The summed E-state index contributed by atoms with van der Waals surface area (Å²) in [4.78, 5) is 28.7. The van der Waals surface area contributed by atoms with Crippen LogP contribution in [0.5, 0.6) is 0 Å². The van der Waals surface area contributed by atoms with Crippen LogP contribution < -0.4 is 5.32 Å². The number of carbonyl (C=O) groups is 2. The molecule has 1 aliphatic heterocycles. The number of nitrogens with zero attached hydrogens (tertiary/aromatic N) is 1. The maximum atomic E-state index is 12.4. The molecule has 2 aromatic rings. The van der Waals surface area contributed by atoms with Crippen LogP contribution in [-0.2, 0) is 12.8 Å². The Balaban J connectivity index is 1.42. The molecule has 0 radical (unpaired) electrons. The average molecular weight is 340 g/mol. The van der Waals surface area contributed by atoms with E-state index >= 15 is 0 Å². The van der Waals surface area contributed by atoms with Gasteiger partial charge in [0.05, 0.1) is 4.88 Å². The highest BCUT2D eigenvalue weighted by Gasteiger charge is 2.20. The smallest absolute Gasteiger partial charge is 0.265 e. The molecular formula is C19H20N2O2S. The van der Waals surface area contributed by atoms with Gasteiger partial charge < -0.3 is 10.2 Å². The van der Waals surface area contributed by atoms with Crippen molar-refractivity contribution in [2.24, 2.45) is 0 Å². The summed E-state index contributed by atoms with van der Waals surface area (Å²) in [5.74, 6) is 0.0214. The summed E-state index contributed by atoms with van der Waals surface area (Å²) >= 11 is 1.60. The number of hydrogen-bond donors (Lipinski definition) is 1. The minimum Gasteiger partial charge on any atom is -0.339 e. The Labute approximate surface area is 145 Å². The SMILES string of the molecule is O=C(Nc1ccc(C(=O)N2CCCC2)cc1)c1cc2c(s1)CCC2. The molecule has 1 saturated heterocycles. The fourth-order valence-electron chi connectivity index (χ4n) is 3.43. The van der Waals surface area contributed by atoms with Gasteiger partial charge in [0, 0.05) is 29.2 Å². The summed E-state index contributed by atoms with van der Waals surface area (Å²) in [6.45, 7) is 1.70. The lowest BCUT2D eigenvalue weighted by atomic mass is 10.2. The highest BCUT2D eigenvalue weighted by Crippen LogP contribution is 2.31. The van der Waals surface area contributed by atoms with Gasteiger partial charge in [-0.05, 0) is 68.0 Å². The first kappa shape index (κ1) is 15.4. The Bertz CT molecular complexity index is 752. The Hall–Kier alpha value is -2.14. The molecule has 0 saturated carbocycles. The Morgan fingerprint density at radius 2 is 1.75 bits per heavy atom. The monoisotopic (exact) mass is 340 g/mol. The summed E-state index contributed by atoms with van der Waals surface area (Å²) in [7, 11) is 0. The third-order valence-electron chi connectivity index (χ3n) is 4.75. The Morgan fingerprint density at radius 3 is 2.46 bits per heavy atom. The maximum absolute atomic E-state index is 12.4. The molecule has 1 aromatic carbocycles. The van der Waals surface area contributed by atoms with Gasteiger partial charge in [-0.15, -0.1) is 11.3 Å². The number of aryl methyl sites for hydroxylation is 2. The number of rotatable bonds is 3. The van der Waals surface area contributed by atoms with E-state index in [1.54, 1.807) is 23.5 Å². The normalized spacial score (nSPS) is 16.2. The second kappa shape index (κ2) is 6.40. The summed E-state index contributed by atoms with van der Waals surface area (Å²) in [5, 5.41) is 2.93. The third kappa shape index (κ3) is 2.96. The molecule has 0 unspecified atom stereocenters. The van der Waals surface area contributed by atoms with Gasteiger partial charge in [-0.3, -0.25) is 9.59 Å². The van der Waals surface area contributed by atoms with Crippen LogP contribution in [0.3, 0.4) is 0 Å². The van der Waals surface area contributed by atoms with E-state index in [1.165, 1.54) is 16.9 Å². The van der Waals surface area contributed by atoms with E-state index in [2.05, 4.69) is 5.32 Å². The highest BCUT2D eigenvalue weighted by atomic mass is 32.1. The lowest BCUT2D eigenvalue weighted by Crippen LogP contribution is -2.27. The molecule has 2 amide bonds. The number of carbonyl (C=O) groups excluding carboxylic acids is 2. The topological polar surface area (TPSA) is 49.4 Å². The van der Waals surface area contributed by atoms with E-state index in [0.717, 1.165) is 49.3 Å². The van der Waals surface area contributed by atoms with Crippen LogP contribution >= 0.6 is 11.3 Å². The second-order valence-corrected chi connectivity index (χ2v) is 7.58. The molecule has 4 rings (SSSR count).